The maximum atomic E-state index is 12.8. The molecule has 0 saturated carbocycles. The molecule has 0 bridgehead atoms. The molecule has 11 nitrogen and oxygen atoms in total. The van der Waals surface area contributed by atoms with E-state index in [-0.39, 0.29) is 34.8 Å². The molecule has 3 heterocycles. The summed E-state index contributed by atoms with van der Waals surface area (Å²) in [7, 11) is -0.166. The molecule has 4 atom stereocenters. The van der Waals surface area contributed by atoms with Gasteiger partial charge < -0.3 is 14.8 Å². The Bertz CT molecular complexity index is 1350. The molecule has 1 aromatic carbocycles. The topological polar surface area (TPSA) is 142 Å². The molecule has 196 valence electrons. The van der Waals surface area contributed by atoms with Crippen LogP contribution in [0.1, 0.15) is 36.9 Å². The summed E-state index contributed by atoms with van der Waals surface area (Å²) < 4.78 is 37.9. The molecule has 1 aliphatic rings. The van der Waals surface area contributed by atoms with E-state index in [1.165, 1.54) is 19.6 Å². The van der Waals surface area contributed by atoms with Crippen molar-refractivity contribution in [1.82, 2.24) is 19.5 Å². The second kappa shape index (κ2) is 11.8. The number of imidazole rings is 1. The number of hydrogen-bond donors (Lipinski definition) is 1. The zero-order valence-corrected chi connectivity index (χ0v) is 23.3. The lowest BCUT2D eigenvalue weighted by Crippen LogP contribution is -2.42. The Morgan fingerprint density at radius 3 is 2.53 bits per heavy atom. The Morgan fingerprint density at radius 1 is 1.16 bits per heavy atom. The molecule has 0 unspecified atom stereocenters. The Balaban J connectivity index is 1.78. The number of benzene rings is 1. The van der Waals surface area contributed by atoms with Gasteiger partial charge in [-0.1, -0.05) is 38.8 Å². The number of carbonyl (C=O) groups excluding carboxylic acids is 2. The van der Waals surface area contributed by atoms with Gasteiger partial charge in [-0.05, 0) is 24.9 Å². The summed E-state index contributed by atoms with van der Waals surface area (Å²) in [4.78, 5) is 38.0. The van der Waals surface area contributed by atoms with Crippen LogP contribution in [0.15, 0.2) is 43.0 Å². The van der Waals surface area contributed by atoms with Crippen molar-refractivity contribution in [3.8, 4) is 0 Å². The third kappa shape index (κ3) is 5.41. The molecule has 0 radical (unpaired) electrons. The summed E-state index contributed by atoms with van der Waals surface area (Å²) >= 11 is 0. The predicted octanol–water partition coefficient (Wildman–Crippen LogP) is 4.88. The number of ether oxygens (including phenoxy) is 2. The number of esters is 1. The number of hydrogen-bond acceptors (Lipinski definition) is 9. The van der Waals surface area contributed by atoms with E-state index in [2.05, 4.69) is 20.3 Å². The highest BCUT2D eigenvalue weighted by Crippen LogP contribution is 2.55. The van der Waals surface area contributed by atoms with Crippen LogP contribution >= 0.6 is 16.7 Å². The lowest BCUT2D eigenvalue weighted by atomic mass is 9.50. The highest BCUT2D eigenvalue weighted by molar-refractivity contribution is 7.67. The molecule has 38 heavy (non-hydrogen) atoms. The van der Waals surface area contributed by atoms with E-state index in [0.717, 1.165) is 0 Å². The smallest absolute Gasteiger partial charge is 0.303 e. The van der Waals surface area contributed by atoms with E-state index in [9.17, 15) is 18.7 Å². The number of nitrogens with zero attached hydrogens (tertiary/aromatic N) is 4. The summed E-state index contributed by atoms with van der Waals surface area (Å²) in [5.41, 5.74) is 0.264. The number of nitrogens with one attached hydrogen (secondary N) is 1. The summed E-state index contributed by atoms with van der Waals surface area (Å²) in [5.74, 6) is -1.12. The Labute approximate surface area is 224 Å². The van der Waals surface area contributed by atoms with Crippen LogP contribution in [0, 0.1) is 0 Å². The molecule has 1 fully saturated rings. The van der Waals surface area contributed by atoms with Gasteiger partial charge in [0.05, 0.1) is 28.6 Å². The number of carbonyl (C=O) groups is 2. The van der Waals surface area contributed by atoms with E-state index in [1.807, 2.05) is 19.8 Å². The zero-order chi connectivity index (χ0) is 27.4. The highest BCUT2D eigenvalue weighted by atomic mass is 31.1. The SMILES string of the molecule is CC[C@]1(CB(C)P=O)O[C@H](n2cnc3c(NC(=O)c4ccccc4)ncnc32)[C@H](OC(C)=O)[C@@H]1B(C)P=O. The molecule has 1 N–H and O–H groups in total. The molecule has 0 aliphatic carbocycles. The van der Waals surface area contributed by atoms with E-state index in [1.54, 1.807) is 35.7 Å². The van der Waals surface area contributed by atoms with Gasteiger partial charge in [0.2, 0.25) is 0 Å². The molecule has 3 aromatic rings. The number of anilines is 1. The molecule has 1 aliphatic heterocycles. The summed E-state index contributed by atoms with van der Waals surface area (Å²) in [6.07, 6.45) is 1.35. The van der Waals surface area contributed by atoms with Crippen molar-refractivity contribution in [2.75, 3.05) is 5.32 Å². The molecule has 1 amide bonds. The normalized spacial score (nSPS) is 23.0. The summed E-state index contributed by atoms with van der Waals surface area (Å²) in [6, 6.07) is 8.71. The molecule has 15 heteroatoms. The minimum atomic E-state index is -0.883. The van der Waals surface area contributed by atoms with Crippen LogP contribution in [0.3, 0.4) is 0 Å². The number of fused-ring (bicyclic) bond motifs is 1. The van der Waals surface area contributed by atoms with E-state index < -0.39 is 36.2 Å². The lowest BCUT2D eigenvalue weighted by Gasteiger charge is -2.35. The van der Waals surface area contributed by atoms with E-state index in [4.69, 9.17) is 9.47 Å². The largest absolute Gasteiger partial charge is 0.458 e. The van der Waals surface area contributed by atoms with Gasteiger partial charge in [0.15, 0.2) is 23.2 Å². The first-order chi connectivity index (χ1) is 18.2. The third-order valence-corrected chi connectivity index (χ3v) is 8.10. The van der Waals surface area contributed by atoms with Gasteiger partial charge in [-0.25, -0.2) is 15.0 Å². The standard InChI is InChI=1S/C23H27B2N5O6P2/c1-5-23(11-24(3)37-33)18(25(4)38-34)17(35-14(2)31)22(36-23)30-13-28-16-19(26-12-27-20(16)30)29-21(32)15-9-7-6-8-10-15/h6-10,12-13,17-18,22H,5,11H2,1-4H3,(H,26,27,29,32)/t17-,18+,22+,23-/m1/s1. The maximum absolute atomic E-state index is 12.8. The minimum Gasteiger partial charge on any atom is -0.458 e. The van der Waals surface area contributed by atoms with Gasteiger partial charge in [0.25, 0.3) is 18.8 Å². The molecule has 0 spiro atoms. The minimum absolute atomic E-state index is 0.0402. The zero-order valence-electron chi connectivity index (χ0n) is 21.5. The quantitative estimate of drug-likeness (QED) is 0.211. The Kier molecular flexibility index (Phi) is 8.71. The fourth-order valence-corrected chi connectivity index (χ4v) is 6.22. The average Bonchev–Trinajstić information content (AvgIpc) is 3.48. The first-order valence-corrected chi connectivity index (χ1v) is 14.0. The van der Waals surface area contributed by atoms with Crippen molar-refractivity contribution in [1.29, 1.82) is 0 Å². The summed E-state index contributed by atoms with van der Waals surface area (Å²) in [5, 5.41) is 2.78. The van der Waals surface area contributed by atoms with Crippen molar-refractivity contribution >= 4 is 58.4 Å². The van der Waals surface area contributed by atoms with Gasteiger partial charge in [-0.2, -0.15) is 0 Å². The van der Waals surface area contributed by atoms with Gasteiger partial charge in [0, 0.05) is 18.3 Å². The first-order valence-electron chi connectivity index (χ1n) is 12.3. The Hall–Kier alpha value is -3.00. The summed E-state index contributed by atoms with van der Waals surface area (Å²) in [6.45, 7) is 6.89. The fraction of sp³-hybridized carbons (Fsp3) is 0.435. The van der Waals surface area contributed by atoms with Gasteiger partial charge in [-0.15, -0.1) is 0 Å². The molecule has 4 rings (SSSR count). The van der Waals surface area contributed by atoms with Crippen molar-refractivity contribution in [3.05, 3.63) is 48.5 Å². The van der Waals surface area contributed by atoms with Crippen LogP contribution in [-0.2, 0) is 23.4 Å². The van der Waals surface area contributed by atoms with Crippen molar-refractivity contribution in [2.24, 2.45) is 0 Å². The van der Waals surface area contributed by atoms with Crippen LogP contribution in [-0.4, -0.2) is 56.0 Å². The van der Waals surface area contributed by atoms with Crippen molar-refractivity contribution in [2.45, 2.75) is 64.0 Å². The van der Waals surface area contributed by atoms with Crippen LogP contribution in [0.2, 0.25) is 25.8 Å². The number of aromatic nitrogens is 4. The lowest BCUT2D eigenvalue weighted by molar-refractivity contribution is -0.153. The van der Waals surface area contributed by atoms with Crippen LogP contribution < -0.4 is 5.32 Å². The maximum Gasteiger partial charge on any atom is 0.303 e. The number of rotatable bonds is 10. The third-order valence-electron chi connectivity index (χ3n) is 6.91. The van der Waals surface area contributed by atoms with E-state index >= 15 is 0 Å². The molecular weight excluding hydrogens is 526 g/mol. The second-order valence-corrected chi connectivity index (χ2v) is 11.5. The first kappa shape index (κ1) is 28.0. The second-order valence-electron chi connectivity index (χ2n) is 9.40. The monoisotopic (exact) mass is 553 g/mol. The molecule has 1 saturated heterocycles. The Morgan fingerprint density at radius 2 is 1.89 bits per heavy atom. The number of amides is 1. The average molecular weight is 553 g/mol. The van der Waals surface area contributed by atoms with Crippen molar-refractivity contribution < 1.29 is 28.2 Å². The van der Waals surface area contributed by atoms with Gasteiger partial charge in [-0.3, -0.25) is 23.3 Å². The molecule has 2 aromatic heterocycles. The van der Waals surface area contributed by atoms with Crippen molar-refractivity contribution in [3.63, 3.8) is 0 Å². The van der Waals surface area contributed by atoms with E-state index in [0.29, 0.717) is 29.5 Å². The fourth-order valence-electron chi connectivity index (χ4n) is 5.26. The predicted molar refractivity (Wildman–Crippen MR) is 145 cm³/mol. The molecular formula is C23H27B2N5O6P2. The van der Waals surface area contributed by atoms with Crippen LogP contribution in [0.4, 0.5) is 5.82 Å². The van der Waals surface area contributed by atoms with Gasteiger partial charge >= 0.3 is 5.97 Å². The van der Waals surface area contributed by atoms with Crippen LogP contribution in [0.5, 0.6) is 0 Å². The van der Waals surface area contributed by atoms with Crippen LogP contribution in [0.25, 0.3) is 11.2 Å². The highest BCUT2D eigenvalue weighted by Gasteiger charge is 2.60. The van der Waals surface area contributed by atoms with Gasteiger partial charge in [0.1, 0.15) is 12.4 Å².